The molecule has 1 saturated heterocycles. The quantitative estimate of drug-likeness (QED) is 0.834. The first-order chi connectivity index (χ1) is 9.70. The number of piperidine rings is 1. The molecule has 1 aromatic rings. The Bertz CT molecular complexity index is 610. The van der Waals surface area contributed by atoms with E-state index in [1.807, 2.05) is 0 Å². The summed E-state index contributed by atoms with van der Waals surface area (Å²) in [7, 11) is -4.10. The van der Waals surface area contributed by atoms with E-state index < -0.39 is 32.5 Å². The summed E-state index contributed by atoms with van der Waals surface area (Å²) in [4.78, 5) is -0.588. The number of benzene rings is 1. The maximum absolute atomic E-state index is 13.2. The monoisotopic (exact) mass is 326 g/mol. The number of nitrogens with one attached hydrogen (secondary N) is 2. The number of halogens is 4. The van der Waals surface area contributed by atoms with E-state index in [-0.39, 0.29) is 6.04 Å². The molecular formula is C12H14F4N2O2S. The molecule has 0 aromatic heterocycles. The van der Waals surface area contributed by atoms with Crippen LogP contribution in [0.1, 0.15) is 18.4 Å². The van der Waals surface area contributed by atoms with Gasteiger partial charge in [-0.2, -0.15) is 13.2 Å². The Morgan fingerprint density at radius 3 is 2.38 bits per heavy atom. The van der Waals surface area contributed by atoms with Gasteiger partial charge in [0.15, 0.2) is 0 Å². The maximum Gasteiger partial charge on any atom is 0.419 e. The standard InChI is InChI=1S/C12H14F4N2O2S/c13-11-2-1-9(7-10(11)12(14,15)16)21(19,20)18-8-3-5-17-6-4-8/h1-2,7-8,17-18H,3-6H2. The van der Waals surface area contributed by atoms with Crippen molar-refractivity contribution in [2.75, 3.05) is 13.1 Å². The first-order valence-corrected chi connectivity index (χ1v) is 7.78. The summed E-state index contributed by atoms with van der Waals surface area (Å²) < 4.78 is 77.5. The van der Waals surface area contributed by atoms with Crippen molar-refractivity contribution in [2.45, 2.75) is 30.0 Å². The lowest BCUT2D eigenvalue weighted by molar-refractivity contribution is -0.140. The van der Waals surface area contributed by atoms with Gasteiger partial charge in [-0.25, -0.2) is 17.5 Å². The lowest BCUT2D eigenvalue weighted by Gasteiger charge is -2.23. The van der Waals surface area contributed by atoms with Crippen LogP contribution in [0.15, 0.2) is 23.1 Å². The third kappa shape index (κ3) is 3.92. The van der Waals surface area contributed by atoms with Crippen molar-refractivity contribution >= 4 is 10.0 Å². The predicted molar refractivity (Wildman–Crippen MR) is 67.6 cm³/mol. The molecule has 21 heavy (non-hydrogen) atoms. The van der Waals surface area contributed by atoms with Gasteiger partial charge in [-0.1, -0.05) is 0 Å². The first-order valence-electron chi connectivity index (χ1n) is 6.30. The van der Waals surface area contributed by atoms with Crippen molar-refractivity contribution in [3.8, 4) is 0 Å². The fourth-order valence-electron chi connectivity index (χ4n) is 2.12. The second kappa shape index (κ2) is 5.90. The average Bonchev–Trinajstić information content (AvgIpc) is 2.38. The SMILES string of the molecule is O=S(=O)(NC1CCNCC1)c1ccc(F)c(C(F)(F)F)c1. The highest BCUT2D eigenvalue weighted by Crippen LogP contribution is 2.32. The summed E-state index contributed by atoms with van der Waals surface area (Å²) >= 11 is 0. The summed E-state index contributed by atoms with van der Waals surface area (Å²) in [5.41, 5.74) is -1.59. The van der Waals surface area contributed by atoms with Gasteiger partial charge in [0, 0.05) is 6.04 Å². The molecule has 0 radical (unpaired) electrons. The van der Waals surface area contributed by atoms with E-state index in [0.717, 1.165) is 6.07 Å². The molecule has 1 aliphatic heterocycles. The average molecular weight is 326 g/mol. The van der Waals surface area contributed by atoms with E-state index in [2.05, 4.69) is 10.0 Å². The van der Waals surface area contributed by atoms with Crippen LogP contribution in [-0.4, -0.2) is 27.5 Å². The lowest BCUT2D eigenvalue weighted by atomic mass is 10.1. The number of rotatable bonds is 3. The number of hydrogen-bond acceptors (Lipinski definition) is 3. The minimum absolute atomic E-state index is 0.318. The van der Waals surface area contributed by atoms with Crippen molar-refractivity contribution in [3.05, 3.63) is 29.6 Å². The van der Waals surface area contributed by atoms with E-state index in [4.69, 9.17) is 0 Å². The lowest BCUT2D eigenvalue weighted by Crippen LogP contribution is -2.42. The molecule has 1 aromatic carbocycles. The van der Waals surface area contributed by atoms with Crippen LogP contribution in [-0.2, 0) is 16.2 Å². The molecule has 2 N–H and O–H groups in total. The largest absolute Gasteiger partial charge is 0.419 e. The molecule has 118 valence electrons. The third-order valence-corrected chi connectivity index (χ3v) is 4.73. The Labute approximate surface area is 119 Å². The molecule has 0 unspecified atom stereocenters. The Balaban J connectivity index is 2.27. The van der Waals surface area contributed by atoms with Crippen molar-refractivity contribution in [3.63, 3.8) is 0 Å². The molecule has 0 aliphatic carbocycles. The van der Waals surface area contributed by atoms with Crippen molar-refractivity contribution in [2.24, 2.45) is 0 Å². The van der Waals surface area contributed by atoms with Crippen LogP contribution in [0.3, 0.4) is 0 Å². The van der Waals surface area contributed by atoms with Gasteiger partial charge in [0.1, 0.15) is 5.82 Å². The molecule has 0 spiro atoms. The van der Waals surface area contributed by atoms with Crippen molar-refractivity contribution in [1.29, 1.82) is 0 Å². The zero-order valence-corrected chi connectivity index (χ0v) is 11.7. The van der Waals surface area contributed by atoms with Gasteiger partial charge in [-0.05, 0) is 44.1 Å². The topological polar surface area (TPSA) is 58.2 Å². The molecule has 4 nitrogen and oxygen atoms in total. The molecule has 0 bridgehead atoms. The predicted octanol–water partition coefficient (Wildman–Crippen LogP) is 1.87. The second-order valence-electron chi connectivity index (χ2n) is 4.78. The van der Waals surface area contributed by atoms with Crippen molar-refractivity contribution < 1.29 is 26.0 Å². The smallest absolute Gasteiger partial charge is 0.317 e. The third-order valence-electron chi connectivity index (χ3n) is 3.21. The number of sulfonamides is 1. The molecule has 0 atom stereocenters. The van der Waals surface area contributed by atoms with Gasteiger partial charge >= 0.3 is 6.18 Å². The van der Waals surface area contributed by atoms with Gasteiger partial charge in [0.05, 0.1) is 10.5 Å². The van der Waals surface area contributed by atoms with E-state index in [9.17, 15) is 26.0 Å². The number of hydrogen-bond donors (Lipinski definition) is 2. The highest BCUT2D eigenvalue weighted by atomic mass is 32.2. The minimum Gasteiger partial charge on any atom is -0.317 e. The van der Waals surface area contributed by atoms with E-state index in [1.165, 1.54) is 0 Å². The summed E-state index contributed by atoms with van der Waals surface area (Å²) in [5, 5.41) is 3.04. The zero-order valence-electron chi connectivity index (χ0n) is 10.9. The summed E-state index contributed by atoms with van der Waals surface area (Å²) in [5.74, 6) is -1.50. The Morgan fingerprint density at radius 2 is 1.81 bits per heavy atom. The minimum atomic E-state index is -4.94. The second-order valence-corrected chi connectivity index (χ2v) is 6.50. The molecular weight excluding hydrogens is 312 g/mol. The molecule has 2 rings (SSSR count). The van der Waals surface area contributed by atoms with E-state index in [1.54, 1.807) is 0 Å². The highest BCUT2D eigenvalue weighted by Gasteiger charge is 2.35. The number of alkyl halides is 3. The molecule has 0 saturated carbocycles. The highest BCUT2D eigenvalue weighted by molar-refractivity contribution is 7.89. The van der Waals surface area contributed by atoms with E-state index in [0.29, 0.717) is 38.1 Å². The van der Waals surface area contributed by atoms with Gasteiger partial charge in [0.25, 0.3) is 0 Å². The normalized spacial score (nSPS) is 17.9. The Morgan fingerprint density at radius 1 is 1.19 bits per heavy atom. The molecule has 1 aliphatic rings. The van der Waals surface area contributed by atoms with Crippen LogP contribution in [0, 0.1) is 5.82 Å². The Hall–Kier alpha value is -1.19. The van der Waals surface area contributed by atoms with Crippen molar-refractivity contribution in [1.82, 2.24) is 10.0 Å². The molecule has 1 fully saturated rings. The summed E-state index contributed by atoms with van der Waals surface area (Å²) in [6.07, 6.45) is -3.84. The van der Waals surface area contributed by atoms with Gasteiger partial charge < -0.3 is 5.32 Å². The van der Waals surface area contributed by atoms with Gasteiger partial charge in [-0.3, -0.25) is 0 Å². The van der Waals surface area contributed by atoms with Crippen LogP contribution in [0.5, 0.6) is 0 Å². The van der Waals surface area contributed by atoms with Crippen LogP contribution < -0.4 is 10.0 Å². The van der Waals surface area contributed by atoms with Gasteiger partial charge in [0.2, 0.25) is 10.0 Å². The molecule has 0 amide bonds. The fraction of sp³-hybridized carbons (Fsp3) is 0.500. The van der Waals surface area contributed by atoms with E-state index >= 15 is 0 Å². The van der Waals surface area contributed by atoms with Crippen LogP contribution in [0.4, 0.5) is 17.6 Å². The van der Waals surface area contributed by atoms with Crippen LogP contribution in [0.25, 0.3) is 0 Å². The van der Waals surface area contributed by atoms with Crippen LogP contribution >= 0.6 is 0 Å². The summed E-state index contributed by atoms with van der Waals surface area (Å²) in [6.45, 7) is 1.26. The zero-order chi connectivity index (χ0) is 15.7. The molecule has 9 heteroatoms. The van der Waals surface area contributed by atoms with Gasteiger partial charge in [-0.15, -0.1) is 0 Å². The maximum atomic E-state index is 13.2. The first kappa shape index (κ1) is 16.2. The fourth-order valence-corrected chi connectivity index (χ4v) is 3.45. The van der Waals surface area contributed by atoms with Crippen LogP contribution in [0.2, 0.25) is 0 Å². The molecule has 1 heterocycles. The summed E-state index contributed by atoms with van der Waals surface area (Å²) in [6, 6.07) is 1.32. The Kier molecular flexibility index (Phi) is 4.54.